The van der Waals surface area contributed by atoms with Gasteiger partial charge in [-0.2, -0.15) is 0 Å². The normalized spacial score (nSPS) is 29.0. The second kappa shape index (κ2) is 2.77. The molecular weight excluding hydrogens is 204 g/mol. The summed E-state index contributed by atoms with van der Waals surface area (Å²) in [6.45, 7) is 0. The Morgan fingerprint density at radius 2 is 2.08 bits per heavy atom. The zero-order chi connectivity index (χ0) is 7.26. The van der Waals surface area contributed by atoms with Crippen LogP contribution in [0.2, 0.25) is 0 Å². The molecule has 12 heavy (non-hydrogen) atoms. The third kappa shape index (κ3) is 1.14. The van der Waals surface area contributed by atoms with Gasteiger partial charge in [-0.1, -0.05) is 18.2 Å². The van der Waals surface area contributed by atoms with E-state index in [9.17, 15) is 0 Å². The van der Waals surface area contributed by atoms with E-state index in [4.69, 9.17) is 9.47 Å². The SMILES string of the molecule is [Cu].c1ccc2c(c1)CC1OC1O2. The van der Waals surface area contributed by atoms with Gasteiger partial charge in [0.2, 0.25) is 6.29 Å². The summed E-state index contributed by atoms with van der Waals surface area (Å²) in [5.41, 5.74) is 1.27. The van der Waals surface area contributed by atoms with Crippen LogP contribution in [0.1, 0.15) is 5.56 Å². The fourth-order valence-corrected chi connectivity index (χ4v) is 1.50. The second-order valence-electron chi connectivity index (χ2n) is 2.97. The van der Waals surface area contributed by atoms with E-state index < -0.39 is 0 Å². The van der Waals surface area contributed by atoms with E-state index in [2.05, 4.69) is 6.07 Å². The first kappa shape index (κ1) is 8.11. The van der Waals surface area contributed by atoms with Gasteiger partial charge in [0.15, 0.2) is 0 Å². The number of hydrogen-bond donors (Lipinski definition) is 0. The molecule has 0 bridgehead atoms. The Labute approximate surface area is 81.3 Å². The van der Waals surface area contributed by atoms with Crippen molar-refractivity contribution in [3.8, 4) is 5.75 Å². The largest absolute Gasteiger partial charge is 0.462 e. The van der Waals surface area contributed by atoms with Crippen LogP contribution in [0.4, 0.5) is 0 Å². The summed E-state index contributed by atoms with van der Waals surface area (Å²) in [4.78, 5) is 0. The molecule has 1 radical (unpaired) electrons. The Hall–Kier alpha value is -0.501. The first-order chi connectivity index (χ1) is 5.43. The van der Waals surface area contributed by atoms with Gasteiger partial charge in [-0.25, -0.2) is 0 Å². The van der Waals surface area contributed by atoms with Gasteiger partial charge in [0, 0.05) is 23.5 Å². The standard InChI is InChI=1S/C9H8O2.Cu/c1-2-4-7-6(3-1)5-8-9(10-7)11-8;/h1-4,8-9H,5H2;. The van der Waals surface area contributed by atoms with Crippen molar-refractivity contribution in [1.29, 1.82) is 0 Å². The summed E-state index contributed by atoms with van der Waals surface area (Å²) < 4.78 is 10.7. The van der Waals surface area contributed by atoms with E-state index in [0.29, 0.717) is 6.10 Å². The van der Waals surface area contributed by atoms with E-state index in [1.165, 1.54) is 5.56 Å². The van der Waals surface area contributed by atoms with Crippen molar-refractivity contribution in [3.05, 3.63) is 29.8 Å². The van der Waals surface area contributed by atoms with Crippen LogP contribution in [0.15, 0.2) is 24.3 Å². The molecule has 0 N–H and O–H groups in total. The van der Waals surface area contributed by atoms with Crippen molar-refractivity contribution in [1.82, 2.24) is 0 Å². The minimum absolute atomic E-state index is 0. The smallest absolute Gasteiger partial charge is 0.227 e. The third-order valence-corrected chi connectivity index (χ3v) is 2.17. The van der Waals surface area contributed by atoms with Crippen molar-refractivity contribution in [2.24, 2.45) is 0 Å². The molecule has 2 nitrogen and oxygen atoms in total. The number of ether oxygens (including phenoxy) is 2. The Morgan fingerprint density at radius 1 is 1.25 bits per heavy atom. The first-order valence-electron chi connectivity index (χ1n) is 3.83. The Morgan fingerprint density at radius 3 is 3.00 bits per heavy atom. The molecule has 1 fully saturated rings. The van der Waals surface area contributed by atoms with Gasteiger partial charge in [-0.3, -0.25) is 0 Å². The quantitative estimate of drug-likeness (QED) is 0.477. The minimum atomic E-state index is 0. The average molecular weight is 212 g/mol. The summed E-state index contributed by atoms with van der Waals surface area (Å²) in [6, 6.07) is 8.10. The molecule has 2 aliphatic heterocycles. The van der Waals surface area contributed by atoms with Crippen LogP contribution in [0.25, 0.3) is 0 Å². The van der Waals surface area contributed by atoms with Gasteiger partial charge in [0.1, 0.15) is 11.9 Å². The van der Waals surface area contributed by atoms with E-state index in [-0.39, 0.29) is 23.4 Å². The maximum Gasteiger partial charge on any atom is 0.227 e. The number of benzene rings is 1. The van der Waals surface area contributed by atoms with Crippen molar-refractivity contribution < 1.29 is 26.5 Å². The van der Waals surface area contributed by atoms with Crippen LogP contribution < -0.4 is 4.74 Å². The van der Waals surface area contributed by atoms with Crippen LogP contribution >= 0.6 is 0 Å². The molecule has 0 saturated carbocycles. The van der Waals surface area contributed by atoms with Gasteiger partial charge in [-0.15, -0.1) is 0 Å². The van der Waals surface area contributed by atoms with E-state index >= 15 is 0 Å². The van der Waals surface area contributed by atoms with E-state index in [1.807, 2.05) is 18.2 Å². The molecule has 3 heteroatoms. The number of fused-ring (bicyclic) bond motifs is 2. The Bertz CT molecular complexity index is 271. The molecule has 2 atom stereocenters. The minimum Gasteiger partial charge on any atom is -0.462 e. The molecule has 2 heterocycles. The van der Waals surface area contributed by atoms with Crippen molar-refractivity contribution in [3.63, 3.8) is 0 Å². The molecule has 0 amide bonds. The van der Waals surface area contributed by atoms with Gasteiger partial charge in [0.05, 0.1) is 0 Å². The summed E-state index contributed by atoms with van der Waals surface area (Å²) in [7, 11) is 0. The zero-order valence-electron chi connectivity index (χ0n) is 6.29. The van der Waals surface area contributed by atoms with Crippen LogP contribution in [0.5, 0.6) is 5.75 Å². The number of para-hydroxylation sites is 1. The Kier molecular flexibility index (Phi) is 1.87. The molecule has 0 aliphatic carbocycles. The van der Waals surface area contributed by atoms with Crippen LogP contribution in [-0.2, 0) is 28.2 Å². The summed E-state index contributed by atoms with van der Waals surface area (Å²) in [5.74, 6) is 0.992. The van der Waals surface area contributed by atoms with Gasteiger partial charge in [-0.05, 0) is 11.6 Å². The van der Waals surface area contributed by atoms with Crippen molar-refractivity contribution in [2.75, 3.05) is 0 Å². The summed E-state index contributed by atoms with van der Waals surface area (Å²) in [5, 5.41) is 0. The molecule has 1 saturated heterocycles. The second-order valence-corrected chi connectivity index (χ2v) is 2.97. The zero-order valence-corrected chi connectivity index (χ0v) is 7.23. The van der Waals surface area contributed by atoms with Gasteiger partial charge < -0.3 is 9.47 Å². The predicted octanol–water partition coefficient (Wildman–Crippen LogP) is 1.34. The topological polar surface area (TPSA) is 21.8 Å². The number of epoxide rings is 1. The predicted molar refractivity (Wildman–Crippen MR) is 39.4 cm³/mol. The van der Waals surface area contributed by atoms with Crippen molar-refractivity contribution in [2.45, 2.75) is 18.8 Å². The maximum atomic E-state index is 5.48. The first-order valence-corrected chi connectivity index (χ1v) is 3.83. The van der Waals surface area contributed by atoms with Crippen LogP contribution in [0.3, 0.4) is 0 Å². The van der Waals surface area contributed by atoms with Gasteiger partial charge in [0.25, 0.3) is 0 Å². The molecule has 1 aromatic carbocycles. The summed E-state index contributed by atoms with van der Waals surface area (Å²) in [6.07, 6.45) is 1.41. The van der Waals surface area contributed by atoms with E-state index in [1.54, 1.807) is 0 Å². The van der Waals surface area contributed by atoms with Gasteiger partial charge >= 0.3 is 0 Å². The molecule has 3 rings (SSSR count). The third-order valence-electron chi connectivity index (χ3n) is 2.17. The van der Waals surface area contributed by atoms with Crippen LogP contribution in [0, 0.1) is 0 Å². The summed E-state index contributed by atoms with van der Waals surface area (Å²) >= 11 is 0. The fourth-order valence-electron chi connectivity index (χ4n) is 1.50. The van der Waals surface area contributed by atoms with Crippen LogP contribution in [-0.4, -0.2) is 12.4 Å². The average Bonchev–Trinajstić information content (AvgIpc) is 2.77. The maximum absolute atomic E-state index is 5.48. The molecule has 2 unspecified atom stereocenters. The molecule has 0 aromatic heterocycles. The fraction of sp³-hybridized carbons (Fsp3) is 0.333. The van der Waals surface area contributed by atoms with E-state index in [0.717, 1.165) is 12.2 Å². The molecule has 67 valence electrons. The molecule has 2 aliphatic rings. The molecule has 0 spiro atoms. The van der Waals surface area contributed by atoms with Crippen molar-refractivity contribution >= 4 is 0 Å². The molecule has 1 aromatic rings. The number of rotatable bonds is 0. The monoisotopic (exact) mass is 211 g/mol. The number of hydrogen-bond acceptors (Lipinski definition) is 2. The Balaban J connectivity index is 0.000000563. The molecular formula is C9H8CuO2.